The van der Waals surface area contributed by atoms with Gasteiger partial charge < -0.3 is 10.1 Å². The SMILES string of the molecule is CCCC(C)NCC(C)OC1CCC1. The van der Waals surface area contributed by atoms with E-state index in [0.29, 0.717) is 18.2 Å². The first-order valence-corrected chi connectivity index (χ1v) is 6.11. The number of rotatable bonds is 7. The predicted octanol–water partition coefficient (Wildman–Crippen LogP) is 2.72. The van der Waals surface area contributed by atoms with Gasteiger partial charge in [0, 0.05) is 12.6 Å². The average Bonchev–Trinajstić information content (AvgIpc) is 2.09. The van der Waals surface area contributed by atoms with Crippen molar-refractivity contribution in [2.24, 2.45) is 0 Å². The first-order valence-electron chi connectivity index (χ1n) is 6.11. The summed E-state index contributed by atoms with van der Waals surface area (Å²) in [5.74, 6) is 0. The van der Waals surface area contributed by atoms with Crippen LogP contribution >= 0.6 is 0 Å². The predicted molar refractivity (Wildman–Crippen MR) is 60.6 cm³/mol. The highest BCUT2D eigenvalue weighted by Crippen LogP contribution is 2.22. The maximum atomic E-state index is 5.85. The summed E-state index contributed by atoms with van der Waals surface area (Å²) in [5.41, 5.74) is 0. The van der Waals surface area contributed by atoms with Crippen LogP contribution in [0.4, 0.5) is 0 Å². The largest absolute Gasteiger partial charge is 0.374 e. The Labute approximate surface area is 88.4 Å². The fourth-order valence-corrected chi connectivity index (χ4v) is 1.79. The fourth-order valence-electron chi connectivity index (χ4n) is 1.79. The summed E-state index contributed by atoms with van der Waals surface area (Å²) in [6.45, 7) is 7.65. The molecule has 0 amide bonds. The van der Waals surface area contributed by atoms with Gasteiger partial charge in [0.05, 0.1) is 12.2 Å². The van der Waals surface area contributed by atoms with Gasteiger partial charge in [-0.3, -0.25) is 0 Å². The summed E-state index contributed by atoms with van der Waals surface area (Å²) in [6.07, 6.45) is 7.36. The van der Waals surface area contributed by atoms with Crippen molar-refractivity contribution < 1.29 is 4.74 Å². The van der Waals surface area contributed by atoms with Gasteiger partial charge in [-0.25, -0.2) is 0 Å². The van der Waals surface area contributed by atoms with E-state index in [-0.39, 0.29) is 0 Å². The molecule has 0 saturated heterocycles. The standard InChI is InChI=1S/C12H25NO/c1-4-6-10(2)13-9-11(3)14-12-7-5-8-12/h10-13H,4-9H2,1-3H3. The van der Waals surface area contributed by atoms with Crippen LogP contribution in [0, 0.1) is 0 Å². The Kier molecular flexibility index (Phi) is 5.49. The highest BCUT2D eigenvalue weighted by Gasteiger charge is 2.20. The van der Waals surface area contributed by atoms with Gasteiger partial charge in [-0.05, 0) is 39.5 Å². The molecule has 2 unspecified atom stereocenters. The highest BCUT2D eigenvalue weighted by atomic mass is 16.5. The quantitative estimate of drug-likeness (QED) is 0.680. The molecule has 2 atom stereocenters. The molecule has 0 aliphatic heterocycles. The molecule has 1 aliphatic carbocycles. The van der Waals surface area contributed by atoms with E-state index in [1.165, 1.54) is 32.1 Å². The maximum absolute atomic E-state index is 5.85. The van der Waals surface area contributed by atoms with Gasteiger partial charge in [-0.15, -0.1) is 0 Å². The van der Waals surface area contributed by atoms with Crippen molar-refractivity contribution in [2.75, 3.05) is 6.54 Å². The molecule has 1 rings (SSSR count). The van der Waals surface area contributed by atoms with Gasteiger partial charge in [0.2, 0.25) is 0 Å². The van der Waals surface area contributed by atoms with Crippen LogP contribution in [-0.2, 0) is 4.74 Å². The normalized spacial score (nSPS) is 21.6. The van der Waals surface area contributed by atoms with Crippen molar-refractivity contribution >= 4 is 0 Å². The van der Waals surface area contributed by atoms with Crippen molar-refractivity contribution in [3.63, 3.8) is 0 Å². The zero-order valence-corrected chi connectivity index (χ0v) is 9.88. The van der Waals surface area contributed by atoms with Crippen molar-refractivity contribution in [1.82, 2.24) is 5.32 Å². The lowest BCUT2D eigenvalue weighted by atomic mass is 9.96. The van der Waals surface area contributed by atoms with Crippen LogP contribution in [-0.4, -0.2) is 24.8 Å². The van der Waals surface area contributed by atoms with Gasteiger partial charge in [-0.1, -0.05) is 13.3 Å². The molecule has 0 radical (unpaired) electrons. The maximum Gasteiger partial charge on any atom is 0.0675 e. The number of hydrogen-bond donors (Lipinski definition) is 1. The Morgan fingerprint density at radius 1 is 1.36 bits per heavy atom. The molecule has 1 N–H and O–H groups in total. The molecule has 1 saturated carbocycles. The zero-order valence-electron chi connectivity index (χ0n) is 9.88. The Morgan fingerprint density at radius 3 is 2.57 bits per heavy atom. The van der Waals surface area contributed by atoms with Gasteiger partial charge in [-0.2, -0.15) is 0 Å². The van der Waals surface area contributed by atoms with Gasteiger partial charge in [0.15, 0.2) is 0 Å². The molecule has 0 aromatic heterocycles. The third-order valence-corrected chi connectivity index (χ3v) is 2.95. The molecular weight excluding hydrogens is 174 g/mol. The van der Waals surface area contributed by atoms with E-state index < -0.39 is 0 Å². The van der Waals surface area contributed by atoms with Crippen LogP contribution in [0.5, 0.6) is 0 Å². The molecule has 0 heterocycles. The molecule has 0 aromatic rings. The second-order valence-corrected chi connectivity index (χ2v) is 4.60. The van der Waals surface area contributed by atoms with E-state index in [1.54, 1.807) is 0 Å². The van der Waals surface area contributed by atoms with Crippen molar-refractivity contribution in [2.45, 2.75) is 71.1 Å². The summed E-state index contributed by atoms with van der Waals surface area (Å²) in [5, 5.41) is 3.51. The van der Waals surface area contributed by atoms with E-state index in [4.69, 9.17) is 4.74 Å². The van der Waals surface area contributed by atoms with Gasteiger partial charge in [0.1, 0.15) is 0 Å². The topological polar surface area (TPSA) is 21.3 Å². The van der Waals surface area contributed by atoms with E-state index in [0.717, 1.165) is 6.54 Å². The molecule has 1 fully saturated rings. The third kappa shape index (κ3) is 4.43. The summed E-state index contributed by atoms with van der Waals surface area (Å²) in [4.78, 5) is 0. The van der Waals surface area contributed by atoms with E-state index >= 15 is 0 Å². The highest BCUT2D eigenvalue weighted by molar-refractivity contribution is 4.72. The lowest BCUT2D eigenvalue weighted by molar-refractivity contribution is -0.0425. The number of hydrogen-bond acceptors (Lipinski definition) is 2. The van der Waals surface area contributed by atoms with Crippen molar-refractivity contribution in [1.29, 1.82) is 0 Å². The summed E-state index contributed by atoms with van der Waals surface area (Å²) in [7, 11) is 0. The molecule has 1 aliphatic rings. The monoisotopic (exact) mass is 199 g/mol. The molecule has 84 valence electrons. The van der Waals surface area contributed by atoms with Gasteiger partial charge >= 0.3 is 0 Å². The van der Waals surface area contributed by atoms with Crippen LogP contribution in [0.25, 0.3) is 0 Å². The Hall–Kier alpha value is -0.0800. The summed E-state index contributed by atoms with van der Waals surface area (Å²) in [6, 6.07) is 0.632. The third-order valence-electron chi connectivity index (χ3n) is 2.95. The molecular formula is C12H25NO. The van der Waals surface area contributed by atoms with Crippen molar-refractivity contribution in [3.8, 4) is 0 Å². The molecule has 14 heavy (non-hydrogen) atoms. The first-order chi connectivity index (χ1) is 6.72. The van der Waals surface area contributed by atoms with Crippen LogP contribution in [0.1, 0.15) is 52.9 Å². The summed E-state index contributed by atoms with van der Waals surface area (Å²) < 4.78 is 5.85. The number of nitrogens with one attached hydrogen (secondary N) is 1. The smallest absolute Gasteiger partial charge is 0.0675 e. The summed E-state index contributed by atoms with van der Waals surface area (Å²) >= 11 is 0. The van der Waals surface area contributed by atoms with Gasteiger partial charge in [0.25, 0.3) is 0 Å². The Balaban J connectivity index is 1.98. The Bertz CT molecular complexity index is 145. The fraction of sp³-hybridized carbons (Fsp3) is 1.00. The number of ether oxygens (including phenoxy) is 1. The first kappa shape index (κ1) is 12.0. The Morgan fingerprint density at radius 2 is 2.07 bits per heavy atom. The molecule has 2 heteroatoms. The second-order valence-electron chi connectivity index (χ2n) is 4.60. The van der Waals surface area contributed by atoms with Crippen molar-refractivity contribution in [3.05, 3.63) is 0 Å². The minimum absolute atomic E-state index is 0.375. The van der Waals surface area contributed by atoms with Crippen LogP contribution < -0.4 is 5.32 Å². The second kappa shape index (κ2) is 6.41. The van der Waals surface area contributed by atoms with Crippen LogP contribution in [0.2, 0.25) is 0 Å². The molecule has 0 bridgehead atoms. The minimum atomic E-state index is 0.375. The lowest BCUT2D eigenvalue weighted by Gasteiger charge is -2.29. The zero-order chi connectivity index (χ0) is 10.4. The minimum Gasteiger partial charge on any atom is -0.374 e. The van der Waals surface area contributed by atoms with E-state index in [9.17, 15) is 0 Å². The van der Waals surface area contributed by atoms with Crippen LogP contribution in [0.3, 0.4) is 0 Å². The lowest BCUT2D eigenvalue weighted by Crippen LogP contribution is -2.36. The van der Waals surface area contributed by atoms with E-state index in [1.807, 2.05) is 0 Å². The molecule has 0 spiro atoms. The van der Waals surface area contributed by atoms with Crippen LogP contribution in [0.15, 0.2) is 0 Å². The average molecular weight is 199 g/mol. The molecule has 2 nitrogen and oxygen atoms in total. The molecule has 0 aromatic carbocycles. The van der Waals surface area contributed by atoms with E-state index in [2.05, 4.69) is 26.1 Å².